The molecule has 0 aromatic heterocycles. The fourth-order valence-corrected chi connectivity index (χ4v) is 4.81. The summed E-state index contributed by atoms with van der Waals surface area (Å²) in [6.45, 7) is 6.14. The largest absolute Gasteiger partial charge is 0.500 e. The zero-order valence-electron chi connectivity index (χ0n) is 20.6. The topological polar surface area (TPSA) is 114 Å². The predicted octanol–water partition coefficient (Wildman–Crippen LogP) is 3.94. The number of hydrogen-bond acceptors (Lipinski definition) is 5. The zero-order chi connectivity index (χ0) is 25.1. The molecule has 0 unspecified atom stereocenters. The molecule has 1 saturated carbocycles. The number of benzene rings is 1. The molecule has 0 spiro atoms. The van der Waals surface area contributed by atoms with Crippen molar-refractivity contribution >= 4 is 22.0 Å². The summed E-state index contributed by atoms with van der Waals surface area (Å²) in [5, 5.41) is 5.64. The first kappa shape index (κ1) is 27.4. The smallest absolute Gasteiger partial charge is 0.328 e. The molecule has 2 rings (SSSR count). The van der Waals surface area contributed by atoms with Gasteiger partial charge in [0.2, 0.25) is 0 Å². The van der Waals surface area contributed by atoms with Crippen LogP contribution in [0.3, 0.4) is 0 Å². The Kier molecular flexibility index (Phi) is 10.6. The summed E-state index contributed by atoms with van der Waals surface area (Å²) in [5.41, 5.74) is 2.36. The van der Waals surface area contributed by atoms with Crippen molar-refractivity contribution in [1.29, 1.82) is 0 Å². The summed E-state index contributed by atoms with van der Waals surface area (Å²) in [5.74, 6) is 0.403. The van der Waals surface area contributed by atoms with E-state index < -0.39 is 16.1 Å². The molecule has 1 aromatic carbocycles. The molecule has 3 N–H and O–H groups in total. The first-order valence-corrected chi connectivity index (χ1v) is 13.3. The number of carbonyl (C=O) groups excluding carboxylic acids is 2. The van der Waals surface area contributed by atoms with Crippen LogP contribution in [0.2, 0.25) is 0 Å². The molecule has 188 valence electrons. The number of allylic oxidation sites excluding steroid dienone is 2. The van der Waals surface area contributed by atoms with Gasteiger partial charge in [0, 0.05) is 19.0 Å². The van der Waals surface area contributed by atoms with Gasteiger partial charge in [-0.2, -0.15) is 0 Å². The average molecular weight is 492 g/mol. The fourth-order valence-electron chi connectivity index (χ4n) is 3.90. The van der Waals surface area contributed by atoms with Gasteiger partial charge in [-0.25, -0.2) is 17.9 Å². The van der Waals surface area contributed by atoms with Crippen molar-refractivity contribution in [2.24, 2.45) is 0 Å². The molecule has 1 aromatic rings. The Labute approximate surface area is 203 Å². The monoisotopic (exact) mass is 491 g/mol. The maximum atomic E-state index is 12.6. The van der Waals surface area contributed by atoms with Crippen molar-refractivity contribution in [1.82, 2.24) is 15.4 Å². The predicted molar refractivity (Wildman–Crippen MR) is 133 cm³/mol. The number of carbonyl (C=O) groups is 2. The van der Waals surface area contributed by atoms with Gasteiger partial charge in [-0.1, -0.05) is 43.9 Å². The van der Waals surface area contributed by atoms with Gasteiger partial charge in [-0.3, -0.25) is 4.79 Å². The summed E-state index contributed by atoms with van der Waals surface area (Å²) >= 11 is 0. The van der Waals surface area contributed by atoms with Crippen LogP contribution in [0.4, 0.5) is 4.79 Å². The minimum absolute atomic E-state index is 0.0144. The van der Waals surface area contributed by atoms with E-state index in [1.807, 2.05) is 20.8 Å². The highest BCUT2D eigenvalue weighted by Gasteiger charge is 2.21. The van der Waals surface area contributed by atoms with E-state index in [0.29, 0.717) is 30.7 Å². The van der Waals surface area contributed by atoms with E-state index in [1.54, 1.807) is 25.3 Å². The molecule has 0 heterocycles. The number of sulfonamides is 1. The van der Waals surface area contributed by atoms with E-state index >= 15 is 0 Å². The summed E-state index contributed by atoms with van der Waals surface area (Å²) in [4.78, 5) is 24.8. The van der Waals surface area contributed by atoms with Crippen LogP contribution < -0.4 is 15.4 Å². The second-order valence-electron chi connectivity index (χ2n) is 8.68. The number of urea groups is 1. The normalized spacial score (nSPS) is 15.1. The second kappa shape index (κ2) is 13.2. The van der Waals surface area contributed by atoms with Crippen LogP contribution in [0.5, 0.6) is 0 Å². The van der Waals surface area contributed by atoms with Crippen LogP contribution >= 0.6 is 0 Å². The molecule has 3 amide bonds. The van der Waals surface area contributed by atoms with E-state index in [4.69, 9.17) is 4.74 Å². The van der Waals surface area contributed by atoms with Gasteiger partial charge < -0.3 is 15.4 Å². The van der Waals surface area contributed by atoms with E-state index in [2.05, 4.69) is 15.4 Å². The summed E-state index contributed by atoms with van der Waals surface area (Å²) in [6, 6.07) is 5.61. The molecule has 0 aliphatic heterocycles. The lowest BCUT2D eigenvalue weighted by molar-refractivity contribution is -0.117. The minimum Gasteiger partial charge on any atom is -0.500 e. The Morgan fingerprint density at radius 1 is 1.09 bits per heavy atom. The molecule has 34 heavy (non-hydrogen) atoms. The third kappa shape index (κ3) is 8.52. The number of methoxy groups -OCH3 is 1. The summed E-state index contributed by atoms with van der Waals surface area (Å²) in [7, 11) is -2.41. The van der Waals surface area contributed by atoms with E-state index in [-0.39, 0.29) is 16.8 Å². The highest BCUT2D eigenvalue weighted by atomic mass is 32.2. The third-order valence-corrected chi connectivity index (χ3v) is 6.99. The molecule has 0 radical (unpaired) electrons. The van der Waals surface area contributed by atoms with Gasteiger partial charge >= 0.3 is 6.03 Å². The third-order valence-electron chi connectivity index (χ3n) is 5.65. The van der Waals surface area contributed by atoms with Gasteiger partial charge in [0.15, 0.2) is 0 Å². The van der Waals surface area contributed by atoms with Crippen LogP contribution in [0.25, 0.3) is 0 Å². The van der Waals surface area contributed by atoms with Crippen molar-refractivity contribution < 1.29 is 22.7 Å². The quantitative estimate of drug-likeness (QED) is 0.261. The summed E-state index contributed by atoms with van der Waals surface area (Å²) in [6.07, 6.45) is 7.90. The van der Waals surface area contributed by atoms with E-state index in [0.717, 1.165) is 43.2 Å². The van der Waals surface area contributed by atoms with Gasteiger partial charge in [0.05, 0.1) is 17.6 Å². The first-order chi connectivity index (χ1) is 16.2. The Balaban J connectivity index is 1.92. The van der Waals surface area contributed by atoms with Gasteiger partial charge in [0.1, 0.15) is 5.76 Å². The lowest BCUT2D eigenvalue weighted by atomic mass is 9.96. The maximum Gasteiger partial charge on any atom is 0.328 e. The van der Waals surface area contributed by atoms with Gasteiger partial charge in [0.25, 0.3) is 15.9 Å². The van der Waals surface area contributed by atoms with Crippen LogP contribution in [0.15, 0.2) is 52.1 Å². The lowest BCUT2D eigenvalue weighted by Crippen LogP contribution is -2.45. The van der Waals surface area contributed by atoms with Crippen LogP contribution in [-0.2, 0) is 26.0 Å². The van der Waals surface area contributed by atoms with Crippen molar-refractivity contribution in [3.05, 3.63) is 52.8 Å². The second-order valence-corrected chi connectivity index (χ2v) is 10.4. The molecule has 1 fully saturated rings. The number of amides is 3. The molecule has 8 nitrogen and oxygen atoms in total. The molecule has 9 heteroatoms. The van der Waals surface area contributed by atoms with Crippen molar-refractivity contribution in [2.45, 2.75) is 76.7 Å². The number of ether oxygens (including phenoxy) is 1. The molecule has 1 aliphatic carbocycles. The van der Waals surface area contributed by atoms with Crippen molar-refractivity contribution in [3.8, 4) is 0 Å². The first-order valence-electron chi connectivity index (χ1n) is 11.8. The Morgan fingerprint density at radius 3 is 2.29 bits per heavy atom. The molecule has 0 bridgehead atoms. The Hall–Kier alpha value is -2.81. The summed E-state index contributed by atoms with van der Waals surface area (Å²) < 4.78 is 32.5. The lowest BCUT2D eigenvalue weighted by Gasteiger charge is -2.22. The van der Waals surface area contributed by atoms with Crippen molar-refractivity contribution in [3.63, 3.8) is 0 Å². The minimum atomic E-state index is -3.96. The Morgan fingerprint density at radius 2 is 1.74 bits per heavy atom. The van der Waals surface area contributed by atoms with Crippen LogP contribution in [-0.4, -0.2) is 40.1 Å². The van der Waals surface area contributed by atoms with Crippen LogP contribution in [0, 0.1) is 0 Å². The van der Waals surface area contributed by atoms with E-state index in [1.165, 1.54) is 12.1 Å². The van der Waals surface area contributed by atoms with Gasteiger partial charge in [-0.15, -0.1) is 0 Å². The zero-order valence-corrected chi connectivity index (χ0v) is 21.4. The number of nitrogens with one attached hydrogen (secondary N) is 3. The molecule has 0 saturated heterocycles. The van der Waals surface area contributed by atoms with Crippen molar-refractivity contribution in [2.75, 3.05) is 13.7 Å². The molecular formula is C25H37N3O5S. The Bertz CT molecular complexity index is 997. The number of hydrogen-bond donors (Lipinski definition) is 3. The number of rotatable bonds is 10. The maximum absolute atomic E-state index is 12.6. The van der Waals surface area contributed by atoms with Crippen LogP contribution in [0.1, 0.15) is 64.9 Å². The SMILES string of the molecule is CC/C(OC)=C(\C=C(C)C)C(=O)NCCc1ccc(S(=O)(=O)NC(=O)NC2CCCCC2)cc1. The molecule has 0 atom stereocenters. The van der Waals surface area contributed by atoms with Gasteiger partial charge in [-0.05, 0) is 56.9 Å². The fraction of sp³-hybridized carbons (Fsp3) is 0.520. The standard InChI is InChI=1S/C25H37N3O5S/c1-5-23(33-4)22(17-18(2)3)24(29)26-16-15-19-11-13-21(14-12-19)34(31,32)28-25(30)27-20-9-7-6-8-10-20/h11-14,17,20H,5-10,15-16H2,1-4H3,(H,26,29)(H2,27,28,30)/b23-22-. The highest BCUT2D eigenvalue weighted by Crippen LogP contribution is 2.18. The highest BCUT2D eigenvalue weighted by molar-refractivity contribution is 7.90. The average Bonchev–Trinajstić information content (AvgIpc) is 2.79. The van der Waals surface area contributed by atoms with E-state index in [9.17, 15) is 18.0 Å². The molecule has 1 aliphatic rings. The molecular weight excluding hydrogens is 454 g/mol.